The van der Waals surface area contributed by atoms with E-state index in [0.717, 1.165) is 25.7 Å². The molecule has 0 radical (unpaired) electrons. The molecule has 2 heteroatoms. The van der Waals surface area contributed by atoms with E-state index in [0.29, 0.717) is 11.7 Å². The molecule has 1 rings (SSSR count). The highest BCUT2D eigenvalue weighted by molar-refractivity contribution is 7.09. The van der Waals surface area contributed by atoms with Gasteiger partial charge in [-0.2, -0.15) is 0 Å². The molecular formula is C14H22OS. The van der Waals surface area contributed by atoms with Crippen LogP contribution in [0, 0.1) is 5.92 Å². The van der Waals surface area contributed by atoms with Gasteiger partial charge in [-0.05, 0) is 30.7 Å². The van der Waals surface area contributed by atoms with Gasteiger partial charge in [-0.1, -0.05) is 32.8 Å². The first kappa shape index (κ1) is 13.4. The largest absolute Gasteiger partial charge is 0.299 e. The first-order chi connectivity index (χ1) is 7.77. The Morgan fingerprint density at radius 3 is 2.81 bits per heavy atom. The van der Waals surface area contributed by atoms with Crippen LogP contribution in [0.5, 0.6) is 0 Å². The SMILES string of the molecule is CCCCC(CC)C(=O)CCc1cccs1. The van der Waals surface area contributed by atoms with Crippen molar-refractivity contribution in [3.8, 4) is 0 Å². The van der Waals surface area contributed by atoms with Gasteiger partial charge in [0.05, 0.1) is 0 Å². The second kappa shape index (κ2) is 7.61. The van der Waals surface area contributed by atoms with Gasteiger partial charge in [0, 0.05) is 17.2 Å². The molecule has 0 N–H and O–H groups in total. The highest BCUT2D eigenvalue weighted by atomic mass is 32.1. The lowest BCUT2D eigenvalue weighted by Crippen LogP contribution is -2.14. The smallest absolute Gasteiger partial charge is 0.136 e. The first-order valence-electron chi connectivity index (χ1n) is 6.33. The molecule has 0 aromatic carbocycles. The lowest BCUT2D eigenvalue weighted by molar-refractivity contribution is -0.123. The summed E-state index contributed by atoms with van der Waals surface area (Å²) in [6.45, 7) is 4.31. The van der Waals surface area contributed by atoms with Crippen molar-refractivity contribution in [2.45, 2.75) is 52.4 Å². The number of ketones is 1. The van der Waals surface area contributed by atoms with Gasteiger partial charge in [0.15, 0.2) is 0 Å². The third kappa shape index (κ3) is 4.48. The van der Waals surface area contributed by atoms with Crippen molar-refractivity contribution in [3.63, 3.8) is 0 Å². The highest BCUT2D eigenvalue weighted by Crippen LogP contribution is 2.18. The van der Waals surface area contributed by atoms with E-state index in [1.54, 1.807) is 11.3 Å². The van der Waals surface area contributed by atoms with Crippen molar-refractivity contribution < 1.29 is 4.79 Å². The second-order valence-corrected chi connectivity index (χ2v) is 5.33. The summed E-state index contributed by atoms with van der Waals surface area (Å²) in [6.07, 6.45) is 6.11. The van der Waals surface area contributed by atoms with Crippen molar-refractivity contribution in [3.05, 3.63) is 22.4 Å². The molecule has 0 saturated carbocycles. The molecule has 1 aromatic heterocycles. The van der Waals surface area contributed by atoms with Crippen molar-refractivity contribution >= 4 is 17.1 Å². The Bertz CT molecular complexity index is 290. The Labute approximate surface area is 103 Å². The summed E-state index contributed by atoms with van der Waals surface area (Å²) in [5, 5.41) is 2.08. The van der Waals surface area contributed by atoms with Gasteiger partial charge in [-0.25, -0.2) is 0 Å². The summed E-state index contributed by atoms with van der Waals surface area (Å²) in [7, 11) is 0. The molecule has 0 aliphatic rings. The lowest BCUT2D eigenvalue weighted by Gasteiger charge is -2.12. The normalized spacial score (nSPS) is 12.6. The van der Waals surface area contributed by atoms with Gasteiger partial charge in [0.2, 0.25) is 0 Å². The zero-order valence-electron chi connectivity index (χ0n) is 10.4. The van der Waals surface area contributed by atoms with Crippen LogP contribution >= 0.6 is 11.3 Å². The van der Waals surface area contributed by atoms with E-state index in [2.05, 4.69) is 31.4 Å². The molecule has 0 aliphatic carbocycles. The minimum Gasteiger partial charge on any atom is -0.299 e. The molecule has 16 heavy (non-hydrogen) atoms. The van der Waals surface area contributed by atoms with E-state index in [9.17, 15) is 4.79 Å². The summed E-state index contributed by atoms with van der Waals surface area (Å²) in [6, 6.07) is 4.17. The molecular weight excluding hydrogens is 216 g/mol. The number of carbonyl (C=O) groups excluding carboxylic acids is 1. The zero-order chi connectivity index (χ0) is 11.8. The Kier molecular flexibility index (Phi) is 6.39. The average Bonchev–Trinajstić information content (AvgIpc) is 2.80. The van der Waals surface area contributed by atoms with Crippen molar-refractivity contribution in [1.29, 1.82) is 0 Å². The van der Waals surface area contributed by atoms with E-state index in [1.807, 2.05) is 0 Å². The number of thiophene rings is 1. The molecule has 0 bridgehead atoms. The first-order valence-corrected chi connectivity index (χ1v) is 7.21. The number of unbranched alkanes of at least 4 members (excludes halogenated alkanes) is 1. The van der Waals surface area contributed by atoms with Crippen LogP contribution in [0.15, 0.2) is 17.5 Å². The van der Waals surface area contributed by atoms with Crippen LogP contribution in [0.1, 0.15) is 50.8 Å². The van der Waals surface area contributed by atoms with Gasteiger partial charge in [-0.3, -0.25) is 4.79 Å². The molecule has 0 spiro atoms. The molecule has 0 amide bonds. The Morgan fingerprint density at radius 2 is 2.25 bits per heavy atom. The number of aryl methyl sites for hydroxylation is 1. The molecule has 0 saturated heterocycles. The third-order valence-corrected chi connectivity index (χ3v) is 3.99. The number of hydrogen-bond donors (Lipinski definition) is 0. The van der Waals surface area contributed by atoms with E-state index in [1.165, 1.54) is 17.7 Å². The van der Waals surface area contributed by atoms with Crippen LogP contribution in [-0.4, -0.2) is 5.78 Å². The minimum absolute atomic E-state index is 0.305. The maximum absolute atomic E-state index is 12.0. The van der Waals surface area contributed by atoms with Crippen LogP contribution in [0.4, 0.5) is 0 Å². The predicted molar refractivity (Wildman–Crippen MR) is 71.0 cm³/mol. The Balaban J connectivity index is 2.31. The van der Waals surface area contributed by atoms with Gasteiger partial charge in [-0.15, -0.1) is 11.3 Å². The fraction of sp³-hybridized carbons (Fsp3) is 0.643. The Hall–Kier alpha value is -0.630. The summed E-state index contributed by atoms with van der Waals surface area (Å²) >= 11 is 1.75. The van der Waals surface area contributed by atoms with Crippen molar-refractivity contribution in [2.75, 3.05) is 0 Å². The predicted octanol–water partition coefficient (Wildman–Crippen LogP) is 4.47. The fourth-order valence-electron chi connectivity index (χ4n) is 1.95. The number of carbonyl (C=O) groups is 1. The highest BCUT2D eigenvalue weighted by Gasteiger charge is 2.15. The summed E-state index contributed by atoms with van der Waals surface area (Å²) in [4.78, 5) is 13.3. The molecule has 0 aliphatic heterocycles. The molecule has 1 atom stereocenters. The lowest BCUT2D eigenvalue weighted by atomic mass is 9.92. The van der Waals surface area contributed by atoms with Crippen LogP contribution in [0.2, 0.25) is 0 Å². The monoisotopic (exact) mass is 238 g/mol. The fourth-order valence-corrected chi connectivity index (χ4v) is 2.66. The van der Waals surface area contributed by atoms with Crippen LogP contribution in [-0.2, 0) is 11.2 Å². The van der Waals surface area contributed by atoms with E-state index < -0.39 is 0 Å². The number of rotatable bonds is 8. The molecule has 1 heterocycles. The van der Waals surface area contributed by atoms with Gasteiger partial charge in [0.25, 0.3) is 0 Å². The quantitative estimate of drug-likeness (QED) is 0.653. The van der Waals surface area contributed by atoms with Crippen LogP contribution < -0.4 is 0 Å². The number of hydrogen-bond acceptors (Lipinski definition) is 2. The van der Waals surface area contributed by atoms with Crippen molar-refractivity contribution in [1.82, 2.24) is 0 Å². The van der Waals surface area contributed by atoms with E-state index in [-0.39, 0.29) is 0 Å². The number of Topliss-reactive ketones (excluding diaryl/α,β-unsaturated/α-hetero) is 1. The maximum atomic E-state index is 12.0. The summed E-state index contributed by atoms with van der Waals surface area (Å²) in [5.41, 5.74) is 0. The molecule has 1 aromatic rings. The Morgan fingerprint density at radius 1 is 1.44 bits per heavy atom. The van der Waals surface area contributed by atoms with E-state index in [4.69, 9.17) is 0 Å². The molecule has 1 nitrogen and oxygen atoms in total. The van der Waals surface area contributed by atoms with Crippen LogP contribution in [0.3, 0.4) is 0 Å². The topological polar surface area (TPSA) is 17.1 Å². The molecule has 1 unspecified atom stereocenters. The summed E-state index contributed by atoms with van der Waals surface area (Å²) in [5.74, 6) is 0.768. The zero-order valence-corrected chi connectivity index (χ0v) is 11.2. The molecule has 90 valence electrons. The van der Waals surface area contributed by atoms with Gasteiger partial charge >= 0.3 is 0 Å². The van der Waals surface area contributed by atoms with Gasteiger partial charge < -0.3 is 0 Å². The van der Waals surface area contributed by atoms with E-state index >= 15 is 0 Å². The minimum atomic E-state index is 0.305. The standard InChI is InChI=1S/C14H22OS/c1-3-5-7-12(4-2)14(15)10-9-13-8-6-11-16-13/h6,8,11-12H,3-5,7,9-10H2,1-2H3. The summed E-state index contributed by atoms with van der Waals surface area (Å²) < 4.78 is 0. The third-order valence-electron chi connectivity index (χ3n) is 3.05. The maximum Gasteiger partial charge on any atom is 0.136 e. The average molecular weight is 238 g/mol. The van der Waals surface area contributed by atoms with Crippen molar-refractivity contribution in [2.24, 2.45) is 5.92 Å². The van der Waals surface area contributed by atoms with Gasteiger partial charge in [0.1, 0.15) is 5.78 Å². The second-order valence-electron chi connectivity index (χ2n) is 4.29. The molecule has 0 fully saturated rings. The van der Waals surface area contributed by atoms with Crippen LogP contribution in [0.25, 0.3) is 0 Å².